The van der Waals surface area contributed by atoms with Gasteiger partial charge in [-0.15, -0.1) is 0 Å². The fourth-order valence-electron chi connectivity index (χ4n) is 2.40. The van der Waals surface area contributed by atoms with Crippen molar-refractivity contribution in [3.63, 3.8) is 0 Å². The van der Waals surface area contributed by atoms with Gasteiger partial charge in [0.05, 0.1) is 18.8 Å². The van der Waals surface area contributed by atoms with Crippen molar-refractivity contribution in [2.24, 2.45) is 5.73 Å². The minimum absolute atomic E-state index is 0.0487. The van der Waals surface area contributed by atoms with Crippen LogP contribution in [0.15, 0.2) is 22.7 Å². The second-order valence-electron chi connectivity index (χ2n) is 5.33. The fourth-order valence-corrected chi connectivity index (χ4v) is 2.96. The fraction of sp³-hybridized carbons (Fsp3) is 0.571. The van der Waals surface area contributed by atoms with Crippen molar-refractivity contribution in [2.75, 3.05) is 31.2 Å². The molecular formula is C14H21BrN2O. The minimum Gasteiger partial charge on any atom is -0.377 e. The van der Waals surface area contributed by atoms with Crippen LogP contribution in [0.25, 0.3) is 0 Å². The molecule has 1 aliphatic heterocycles. The van der Waals surface area contributed by atoms with Crippen LogP contribution in [0.1, 0.15) is 19.4 Å². The molecule has 0 atom stereocenters. The van der Waals surface area contributed by atoms with Gasteiger partial charge in [-0.25, -0.2) is 0 Å². The van der Waals surface area contributed by atoms with E-state index < -0.39 is 0 Å². The Kier molecular flexibility index (Phi) is 4.30. The first kappa shape index (κ1) is 13.8. The number of hydrogen-bond acceptors (Lipinski definition) is 3. The molecule has 0 saturated carbocycles. The molecular weight excluding hydrogens is 292 g/mol. The number of ether oxygens (including phenoxy) is 1. The van der Waals surface area contributed by atoms with E-state index in [1.807, 2.05) is 0 Å². The van der Waals surface area contributed by atoms with E-state index in [9.17, 15) is 0 Å². The van der Waals surface area contributed by atoms with Gasteiger partial charge in [0, 0.05) is 16.7 Å². The lowest BCUT2D eigenvalue weighted by molar-refractivity contribution is 0.0644. The zero-order chi connectivity index (χ0) is 13.2. The zero-order valence-electron chi connectivity index (χ0n) is 11.1. The molecule has 0 bridgehead atoms. The number of rotatable bonds is 3. The Morgan fingerprint density at radius 1 is 1.44 bits per heavy atom. The van der Waals surface area contributed by atoms with Crippen LogP contribution >= 0.6 is 15.9 Å². The van der Waals surface area contributed by atoms with Crippen molar-refractivity contribution in [1.29, 1.82) is 0 Å². The van der Waals surface area contributed by atoms with Gasteiger partial charge in [0.15, 0.2) is 0 Å². The molecule has 4 heteroatoms. The lowest BCUT2D eigenvalue weighted by Gasteiger charge is -2.44. The molecule has 18 heavy (non-hydrogen) atoms. The van der Waals surface area contributed by atoms with Gasteiger partial charge in [0.2, 0.25) is 0 Å². The Morgan fingerprint density at radius 2 is 2.22 bits per heavy atom. The van der Waals surface area contributed by atoms with Crippen molar-refractivity contribution >= 4 is 21.6 Å². The number of nitrogens with zero attached hydrogens (tertiary/aromatic N) is 1. The van der Waals surface area contributed by atoms with Gasteiger partial charge in [-0.05, 0) is 44.5 Å². The predicted octanol–water partition coefficient (Wildman–Crippen LogP) is 2.57. The summed E-state index contributed by atoms with van der Waals surface area (Å²) < 4.78 is 6.71. The Bertz CT molecular complexity index is 420. The van der Waals surface area contributed by atoms with Gasteiger partial charge in [0.25, 0.3) is 0 Å². The molecule has 0 unspecified atom stereocenters. The standard InChI is InChI=1S/C14H21BrN2O/c1-14(2)10-18-8-7-17(14)12-4-3-11(5-6-16)13(15)9-12/h3-4,9H,5-8,10,16H2,1-2H3. The molecule has 0 aromatic heterocycles. The first-order valence-electron chi connectivity index (χ1n) is 6.38. The maximum absolute atomic E-state index is 5.61. The number of nitrogens with two attached hydrogens (primary N) is 1. The Hall–Kier alpha value is -0.580. The molecule has 1 saturated heterocycles. The average molecular weight is 313 g/mol. The summed E-state index contributed by atoms with van der Waals surface area (Å²) >= 11 is 3.64. The summed E-state index contributed by atoms with van der Waals surface area (Å²) in [5.74, 6) is 0. The number of hydrogen-bond donors (Lipinski definition) is 1. The van der Waals surface area contributed by atoms with Gasteiger partial charge in [0.1, 0.15) is 0 Å². The summed E-state index contributed by atoms with van der Waals surface area (Å²) in [6.07, 6.45) is 0.910. The van der Waals surface area contributed by atoms with E-state index in [0.29, 0.717) is 6.54 Å². The molecule has 2 rings (SSSR count). The summed E-state index contributed by atoms with van der Waals surface area (Å²) in [6.45, 7) is 7.62. The summed E-state index contributed by atoms with van der Waals surface area (Å²) in [5, 5.41) is 0. The summed E-state index contributed by atoms with van der Waals surface area (Å²) in [4.78, 5) is 2.41. The molecule has 1 heterocycles. The van der Waals surface area contributed by atoms with E-state index in [0.717, 1.165) is 30.7 Å². The lowest BCUT2D eigenvalue weighted by Crippen LogP contribution is -2.53. The predicted molar refractivity (Wildman–Crippen MR) is 79.1 cm³/mol. The quantitative estimate of drug-likeness (QED) is 0.932. The van der Waals surface area contributed by atoms with Crippen molar-refractivity contribution in [1.82, 2.24) is 0 Å². The first-order chi connectivity index (χ1) is 8.54. The molecule has 0 amide bonds. The number of benzene rings is 1. The molecule has 1 fully saturated rings. The Labute approximate surface area is 117 Å². The molecule has 0 aliphatic carbocycles. The Balaban J connectivity index is 2.25. The highest BCUT2D eigenvalue weighted by atomic mass is 79.9. The highest BCUT2D eigenvalue weighted by molar-refractivity contribution is 9.10. The van der Waals surface area contributed by atoms with Crippen LogP contribution in [0.4, 0.5) is 5.69 Å². The van der Waals surface area contributed by atoms with Crippen molar-refractivity contribution in [3.05, 3.63) is 28.2 Å². The van der Waals surface area contributed by atoms with Gasteiger partial charge in [-0.1, -0.05) is 22.0 Å². The summed E-state index contributed by atoms with van der Waals surface area (Å²) in [7, 11) is 0. The highest BCUT2D eigenvalue weighted by Crippen LogP contribution is 2.30. The monoisotopic (exact) mass is 312 g/mol. The van der Waals surface area contributed by atoms with E-state index in [4.69, 9.17) is 10.5 Å². The first-order valence-corrected chi connectivity index (χ1v) is 7.18. The third kappa shape index (κ3) is 2.87. The second-order valence-corrected chi connectivity index (χ2v) is 6.19. The van der Waals surface area contributed by atoms with E-state index in [1.165, 1.54) is 11.3 Å². The molecule has 1 aromatic rings. The van der Waals surface area contributed by atoms with Crippen LogP contribution in [-0.2, 0) is 11.2 Å². The SMILES string of the molecule is CC1(C)COCCN1c1ccc(CCN)c(Br)c1. The molecule has 100 valence electrons. The van der Waals surface area contributed by atoms with Crippen LogP contribution in [0.2, 0.25) is 0 Å². The second kappa shape index (κ2) is 5.59. The smallest absolute Gasteiger partial charge is 0.0694 e. The lowest BCUT2D eigenvalue weighted by atomic mass is 10.0. The van der Waals surface area contributed by atoms with Crippen LogP contribution in [0.5, 0.6) is 0 Å². The van der Waals surface area contributed by atoms with E-state index in [-0.39, 0.29) is 5.54 Å². The van der Waals surface area contributed by atoms with E-state index >= 15 is 0 Å². The molecule has 0 radical (unpaired) electrons. The van der Waals surface area contributed by atoms with Gasteiger partial charge in [-0.2, -0.15) is 0 Å². The minimum atomic E-state index is 0.0487. The molecule has 3 nitrogen and oxygen atoms in total. The van der Waals surface area contributed by atoms with E-state index in [1.54, 1.807) is 0 Å². The van der Waals surface area contributed by atoms with Crippen LogP contribution in [0, 0.1) is 0 Å². The van der Waals surface area contributed by atoms with Crippen LogP contribution in [0.3, 0.4) is 0 Å². The number of morpholine rings is 1. The summed E-state index contributed by atoms with van der Waals surface area (Å²) in [6, 6.07) is 6.54. The van der Waals surface area contributed by atoms with Crippen LogP contribution < -0.4 is 10.6 Å². The topological polar surface area (TPSA) is 38.5 Å². The molecule has 1 aliphatic rings. The zero-order valence-corrected chi connectivity index (χ0v) is 12.7. The van der Waals surface area contributed by atoms with Gasteiger partial charge < -0.3 is 15.4 Å². The van der Waals surface area contributed by atoms with Crippen molar-refractivity contribution in [3.8, 4) is 0 Å². The van der Waals surface area contributed by atoms with Crippen molar-refractivity contribution < 1.29 is 4.74 Å². The number of halogens is 1. The van der Waals surface area contributed by atoms with Crippen molar-refractivity contribution in [2.45, 2.75) is 25.8 Å². The maximum atomic E-state index is 5.61. The highest BCUT2D eigenvalue weighted by Gasteiger charge is 2.30. The van der Waals surface area contributed by atoms with Gasteiger partial charge >= 0.3 is 0 Å². The van der Waals surface area contributed by atoms with Gasteiger partial charge in [-0.3, -0.25) is 0 Å². The average Bonchev–Trinajstić information content (AvgIpc) is 2.31. The third-order valence-electron chi connectivity index (χ3n) is 3.41. The normalized spacial score (nSPS) is 19.0. The molecule has 0 spiro atoms. The molecule has 2 N–H and O–H groups in total. The number of anilines is 1. The third-order valence-corrected chi connectivity index (χ3v) is 4.15. The molecule has 1 aromatic carbocycles. The largest absolute Gasteiger partial charge is 0.377 e. The maximum Gasteiger partial charge on any atom is 0.0694 e. The Morgan fingerprint density at radius 3 is 2.83 bits per heavy atom. The van der Waals surface area contributed by atoms with E-state index in [2.05, 4.69) is 52.9 Å². The summed E-state index contributed by atoms with van der Waals surface area (Å²) in [5.41, 5.74) is 8.17. The van der Waals surface area contributed by atoms with Crippen LogP contribution in [-0.4, -0.2) is 31.8 Å².